The van der Waals surface area contributed by atoms with Gasteiger partial charge in [-0.15, -0.1) is 10.0 Å². The van der Waals surface area contributed by atoms with Crippen LogP contribution in [-0.2, 0) is 19.6 Å². The van der Waals surface area contributed by atoms with E-state index in [4.69, 9.17) is 9.29 Å². The van der Waals surface area contributed by atoms with E-state index in [2.05, 4.69) is 6.58 Å². The summed E-state index contributed by atoms with van der Waals surface area (Å²) in [5.74, 6) is -6.47. The highest BCUT2D eigenvalue weighted by atomic mass is 32.3. The van der Waals surface area contributed by atoms with Gasteiger partial charge in [0.1, 0.15) is 5.44 Å². The molecule has 0 saturated carbocycles. The summed E-state index contributed by atoms with van der Waals surface area (Å²) in [5, 5.41) is -5.86. The average molecular weight is 557 g/mol. The van der Waals surface area contributed by atoms with E-state index < -0.39 is 49.1 Å². The lowest BCUT2D eigenvalue weighted by atomic mass is 10.2. The molecule has 0 radical (unpaired) electrons. The predicted molar refractivity (Wildman–Crippen MR) is 132 cm³/mol. The van der Waals surface area contributed by atoms with Gasteiger partial charge in [-0.25, -0.2) is 4.79 Å². The molecule has 3 aromatic rings. The Hall–Kier alpha value is -3.15. The maximum absolute atomic E-state index is 15.2. The second-order valence-electron chi connectivity index (χ2n) is 8.11. The molecule has 1 atom stereocenters. The number of esters is 1. The zero-order chi connectivity index (χ0) is 27.5. The van der Waals surface area contributed by atoms with Crippen molar-refractivity contribution in [1.82, 2.24) is 0 Å². The number of carbonyl (C=O) groups excluding carboxylic acids is 1. The molecule has 11 heteroatoms. The van der Waals surface area contributed by atoms with Crippen LogP contribution in [0, 0.1) is 0 Å². The minimum atomic E-state index is -6.52. The van der Waals surface area contributed by atoms with Crippen molar-refractivity contribution in [3.05, 3.63) is 103 Å². The normalized spacial score (nSPS) is 14.0. The molecule has 0 spiro atoms. The van der Waals surface area contributed by atoms with Crippen molar-refractivity contribution in [2.24, 2.45) is 0 Å². The summed E-state index contributed by atoms with van der Waals surface area (Å²) in [6.45, 7) is 4.71. The van der Waals surface area contributed by atoms with E-state index in [1.807, 2.05) is 0 Å². The Balaban J connectivity index is 2.42. The van der Waals surface area contributed by atoms with Gasteiger partial charge in [0.15, 0.2) is 0 Å². The summed E-state index contributed by atoms with van der Waals surface area (Å²) in [5.41, 5.74) is -2.19. The maximum Gasteiger partial charge on any atom is 0.431 e. The average Bonchev–Trinajstić information content (AvgIpc) is 2.85. The van der Waals surface area contributed by atoms with Crippen LogP contribution in [-0.4, -0.2) is 35.6 Å². The highest BCUT2D eigenvalue weighted by Gasteiger charge is 2.67. The van der Waals surface area contributed by atoms with Crippen molar-refractivity contribution >= 4 is 26.1 Å². The molecule has 198 valence electrons. The van der Waals surface area contributed by atoms with Crippen molar-refractivity contribution in [2.75, 3.05) is 0 Å². The number of halogens is 4. The van der Waals surface area contributed by atoms with Crippen molar-refractivity contribution in [1.29, 1.82) is 0 Å². The number of hydrogen-bond acceptors (Lipinski definition) is 4. The fourth-order valence-corrected chi connectivity index (χ4v) is 8.38. The third kappa shape index (κ3) is 5.43. The second kappa shape index (κ2) is 10.7. The van der Waals surface area contributed by atoms with Crippen LogP contribution in [0.25, 0.3) is 0 Å². The predicted octanol–water partition coefficient (Wildman–Crippen LogP) is 6.92. The van der Waals surface area contributed by atoms with Crippen LogP contribution in [0.1, 0.15) is 13.3 Å². The molecule has 0 aliphatic heterocycles. The highest BCUT2D eigenvalue weighted by molar-refractivity contribution is 8.34. The summed E-state index contributed by atoms with van der Waals surface area (Å²) in [6, 6.07) is 24.3. The Morgan fingerprint density at radius 3 is 1.49 bits per heavy atom. The van der Waals surface area contributed by atoms with Gasteiger partial charge in [0.05, 0.1) is 6.42 Å². The molecule has 5 nitrogen and oxygen atoms in total. The van der Waals surface area contributed by atoms with Crippen LogP contribution >= 0.6 is 10.0 Å². The minimum Gasteiger partial charge on any atom is -0.448 e. The Kier molecular flexibility index (Phi) is 8.21. The standard InChI is InChI=1S/C26H24F4O5S2/c1-19(2)24(31)35-23(18-25(27,28)26(29,30)37(32,33)34)36(20-12-6-3-7-13-20,21-14-8-4-9-15-21)22-16-10-5-11-17-22/h3-17,23H,1,18H2,2H3,(H,32,33,34). The molecule has 3 rings (SSSR count). The first-order valence-corrected chi connectivity index (χ1v) is 14.0. The van der Waals surface area contributed by atoms with Gasteiger partial charge in [-0.3, -0.25) is 4.55 Å². The Morgan fingerprint density at radius 2 is 1.19 bits per heavy atom. The van der Waals surface area contributed by atoms with Gasteiger partial charge in [-0.1, -0.05) is 61.2 Å². The lowest BCUT2D eigenvalue weighted by Gasteiger charge is -2.47. The van der Waals surface area contributed by atoms with Crippen LogP contribution in [0.4, 0.5) is 17.6 Å². The number of rotatable bonds is 10. The summed E-state index contributed by atoms with van der Waals surface area (Å²) in [4.78, 5) is 13.9. The monoisotopic (exact) mass is 556 g/mol. The van der Waals surface area contributed by atoms with Gasteiger partial charge in [-0.2, -0.15) is 26.0 Å². The van der Waals surface area contributed by atoms with Crippen LogP contribution in [0.5, 0.6) is 0 Å². The van der Waals surface area contributed by atoms with Gasteiger partial charge in [0.2, 0.25) is 0 Å². The number of ether oxygens (including phenoxy) is 1. The van der Waals surface area contributed by atoms with Gasteiger partial charge in [0.25, 0.3) is 0 Å². The van der Waals surface area contributed by atoms with E-state index in [0.717, 1.165) is 0 Å². The molecule has 37 heavy (non-hydrogen) atoms. The van der Waals surface area contributed by atoms with Crippen LogP contribution < -0.4 is 0 Å². The van der Waals surface area contributed by atoms with Gasteiger partial charge in [0, 0.05) is 20.3 Å². The van der Waals surface area contributed by atoms with Crippen LogP contribution in [0.15, 0.2) is 118 Å². The van der Waals surface area contributed by atoms with E-state index in [1.165, 1.54) is 6.92 Å². The van der Waals surface area contributed by atoms with Crippen molar-refractivity contribution in [3.63, 3.8) is 0 Å². The first kappa shape index (κ1) is 28.4. The largest absolute Gasteiger partial charge is 0.448 e. The maximum atomic E-state index is 15.2. The topological polar surface area (TPSA) is 80.7 Å². The van der Waals surface area contributed by atoms with Crippen molar-refractivity contribution < 1.29 is 40.1 Å². The van der Waals surface area contributed by atoms with E-state index in [0.29, 0.717) is 14.7 Å². The van der Waals surface area contributed by atoms with E-state index >= 15 is 8.78 Å². The molecule has 0 amide bonds. The summed E-state index contributed by atoms with van der Waals surface area (Å²) in [6.07, 6.45) is -1.92. The lowest BCUT2D eigenvalue weighted by Crippen LogP contribution is -2.49. The lowest BCUT2D eigenvalue weighted by molar-refractivity contribution is -0.177. The second-order valence-corrected chi connectivity index (χ2v) is 12.8. The minimum absolute atomic E-state index is 0.183. The molecule has 1 unspecified atom stereocenters. The molecule has 0 bridgehead atoms. The van der Waals surface area contributed by atoms with Gasteiger partial charge in [-0.05, 0) is 43.3 Å². The molecule has 0 fully saturated rings. The Morgan fingerprint density at radius 1 is 0.838 bits per heavy atom. The third-order valence-corrected chi connectivity index (χ3v) is 10.5. The van der Waals surface area contributed by atoms with E-state index in [9.17, 15) is 22.0 Å². The fraction of sp³-hybridized carbons (Fsp3) is 0.192. The Labute approximate surface area is 213 Å². The van der Waals surface area contributed by atoms with Crippen LogP contribution in [0.2, 0.25) is 0 Å². The quantitative estimate of drug-likeness (QED) is 0.127. The molecule has 0 aliphatic rings. The molecule has 0 aromatic heterocycles. The molecule has 3 aromatic carbocycles. The van der Waals surface area contributed by atoms with Crippen molar-refractivity contribution in [3.8, 4) is 0 Å². The van der Waals surface area contributed by atoms with Gasteiger partial charge >= 0.3 is 27.3 Å². The van der Waals surface area contributed by atoms with Crippen molar-refractivity contribution in [2.45, 2.75) is 44.6 Å². The summed E-state index contributed by atoms with van der Waals surface area (Å²) >= 11 is 0. The molecule has 0 heterocycles. The molecule has 0 aliphatic carbocycles. The van der Waals surface area contributed by atoms with Gasteiger partial charge < -0.3 is 4.74 Å². The first-order valence-electron chi connectivity index (χ1n) is 10.8. The Bertz CT molecular complexity index is 1250. The van der Waals surface area contributed by atoms with Crippen LogP contribution in [0.3, 0.4) is 0 Å². The number of carbonyl (C=O) groups is 1. The third-order valence-electron chi connectivity index (χ3n) is 5.50. The fourth-order valence-electron chi connectivity index (χ4n) is 3.74. The molecule has 0 saturated heterocycles. The number of alkyl halides is 4. The smallest absolute Gasteiger partial charge is 0.431 e. The molecular formula is C26H24F4O5S2. The zero-order valence-electron chi connectivity index (χ0n) is 19.6. The van der Waals surface area contributed by atoms with E-state index in [1.54, 1.807) is 91.0 Å². The summed E-state index contributed by atoms with van der Waals surface area (Å²) < 4.78 is 96.2. The van der Waals surface area contributed by atoms with E-state index in [-0.39, 0.29) is 5.57 Å². The summed E-state index contributed by atoms with van der Waals surface area (Å²) in [7, 11) is -9.64. The zero-order valence-corrected chi connectivity index (χ0v) is 21.2. The SMILES string of the molecule is C=C(C)C(=O)OC(CC(F)(F)C(F)(F)S(=O)(=O)O)S(c1ccccc1)(c1ccccc1)c1ccccc1. The first-order chi connectivity index (χ1) is 17.2. The molecular weight excluding hydrogens is 532 g/mol. The highest BCUT2D eigenvalue weighted by Crippen LogP contribution is 2.73. The number of benzene rings is 3. The molecule has 1 N–H and O–H groups in total. The number of hydrogen-bond donors (Lipinski definition) is 1.